The zero-order valence-corrected chi connectivity index (χ0v) is 14.2. The van der Waals surface area contributed by atoms with E-state index in [-0.39, 0.29) is 18.0 Å². The lowest BCUT2D eigenvalue weighted by Crippen LogP contribution is -2.45. The van der Waals surface area contributed by atoms with Gasteiger partial charge in [-0.2, -0.15) is 0 Å². The van der Waals surface area contributed by atoms with E-state index in [2.05, 4.69) is 10.6 Å². The predicted octanol–water partition coefficient (Wildman–Crippen LogP) is 1.62. The normalized spacial score (nSPS) is 16.3. The minimum atomic E-state index is -1.15. The Kier molecular flexibility index (Phi) is 5.44. The van der Waals surface area contributed by atoms with Crippen LogP contribution in [0.4, 0.5) is 14.5 Å². The Morgan fingerprint density at radius 3 is 2.52 bits per heavy atom. The summed E-state index contributed by atoms with van der Waals surface area (Å²) < 4.78 is 26.0. The highest BCUT2D eigenvalue weighted by molar-refractivity contribution is 6.02. The molecule has 1 saturated heterocycles. The number of benzene rings is 2. The number of rotatable bonds is 5. The molecule has 1 heterocycles. The molecule has 1 unspecified atom stereocenters. The molecule has 1 aliphatic rings. The van der Waals surface area contributed by atoms with Crippen molar-refractivity contribution in [1.29, 1.82) is 0 Å². The van der Waals surface area contributed by atoms with Crippen LogP contribution >= 0.6 is 0 Å². The Morgan fingerprint density at radius 2 is 1.81 bits per heavy atom. The minimum absolute atomic E-state index is 0.103. The van der Waals surface area contributed by atoms with Crippen LogP contribution < -0.4 is 15.5 Å². The summed E-state index contributed by atoms with van der Waals surface area (Å²) in [4.78, 5) is 37.9. The molecule has 0 saturated carbocycles. The number of nitrogens with one attached hydrogen (secondary N) is 2. The van der Waals surface area contributed by atoms with Crippen molar-refractivity contribution in [3.63, 3.8) is 0 Å². The monoisotopic (exact) mass is 373 g/mol. The average Bonchev–Trinajstić information content (AvgIpc) is 3.03. The first-order valence-electron chi connectivity index (χ1n) is 8.35. The lowest BCUT2D eigenvalue weighted by molar-refractivity contribution is -0.125. The van der Waals surface area contributed by atoms with E-state index >= 15 is 0 Å². The maximum absolute atomic E-state index is 13.2. The zero-order valence-electron chi connectivity index (χ0n) is 14.2. The van der Waals surface area contributed by atoms with E-state index < -0.39 is 29.5 Å². The lowest BCUT2D eigenvalue weighted by Gasteiger charge is -2.17. The van der Waals surface area contributed by atoms with Crippen LogP contribution in [0, 0.1) is 11.6 Å². The molecule has 8 heteroatoms. The third-order valence-electron chi connectivity index (χ3n) is 4.20. The average molecular weight is 373 g/mol. The SMILES string of the molecule is O=C(CNC(=O)c1ccc(F)c(F)c1)NC1CCN(c2ccccc2)C1=O. The number of carbonyl (C=O) groups excluding carboxylic acids is 3. The minimum Gasteiger partial charge on any atom is -0.343 e. The summed E-state index contributed by atoms with van der Waals surface area (Å²) in [6.45, 7) is 0.0992. The van der Waals surface area contributed by atoms with Crippen LogP contribution in [0.2, 0.25) is 0 Å². The van der Waals surface area contributed by atoms with Crippen LogP contribution in [0.25, 0.3) is 0 Å². The van der Waals surface area contributed by atoms with Gasteiger partial charge in [0.25, 0.3) is 5.91 Å². The summed E-state index contributed by atoms with van der Waals surface area (Å²) in [5, 5.41) is 4.89. The quantitative estimate of drug-likeness (QED) is 0.836. The van der Waals surface area contributed by atoms with Crippen molar-refractivity contribution in [2.75, 3.05) is 18.0 Å². The number of halogens is 2. The number of carbonyl (C=O) groups is 3. The summed E-state index contributed by atoms with van der Waals surface area (Å²) in [6, 6.07) is 11.1. The standard InChI is InChI=1S/C19H17F2N3O3/c20-14-7-6-12(10-15(14)21)18(26)22-11-17(25)23-16-8-9-24(19(16)27)13-4-2-1-3-5-13/h1-7,10,16H,8-9,11H2,(H,22,26)(H,23,25). The van der Waals surface area contributed by atoms with Crippen LogP contribution in [0.3, 0.4) is 0 Å². The Hall–Kier alpha value is -3.29. The van der Waals surface area contributed by atoms with E-state index in [1.807, 2.05) is 30.3 Å². The second kappa shape index (κ2) is 7.94. The summed E-state index contributed by atoms with van der Waals surface area (Å²) in [5.74, 6) is -3.69. The van der Waals surface area contributed by atoms with Gasteiger partial charge in [-0.1, -0.05) is 18.2 Å². The third kappa shape index (κ3) is 4.28. The number of para-hydroxylation sites is 1. The summed E-state index contributed by atoms with van der Waals surface area (Å²) in [5.41, 5.74) is 0.653. The Labute approximate surface area is 154 Å². The molecule has 0 bridgehead atoms. The van der Waals surface area contributed by atoms with Crippen LogP contribution in [0.15, 0.2) is 48.5 Å². The molecule has 0 aliphatic carbocycles. The molecule has 0 aromatic heterocycles. The van der Waals surface area contributed by atoms with Gasteiger partial charge in [-0.15, -0.1) is 0 Å². The van der Waals surface area contributed by atoms with Crippen molar-refractivity contribution < 1.29 is 23.2 Å². The van der Waals surface area contributed by atoms with Crippen molar-refractivity contribution in [2.45, 2.75) is 12.5 Å². The van der Waals surface area contributed by atoms with Gasteiger partial charge < -0.3 is 15.5 Å². The molecule has 3 amide bonds. The van der Waals surface area contributed by atoms with E-state index in [1.54, 1.807) is 4.90 Å². The first-order valence-corrected chi connectivity index (χ1v) is 8.35. The van der Waals surface area contributed by atoms with Gasteiger partial charge in [0, 0.05) is 17.8 Å². The van der Waals surface area contributed by atoms with Crippen molar-refractivity contribution in [3.05, 3.63) is 65.7 Å². The molecule has 0 radical (unpaired) electrons. The molecular formula is C19H17F2N3O3. The summed E-state index contributed by atoms with van der Waals surface area (Å²) >= 11 is 0. The molecule has 1 fully saturated rings. The molecule has 6 nitrogen and oxygen atoms in total. The molecule has 1 aliphatic heterocycles. The summed E-state index contributed by atoms with van der Waals surface area (Å²) in [6.07, 6.45) is 0.455. The molecule has 3 rings (SSSR count). The highest BCUT2D eigenvalue weighted by atomic mass is 19.2. The van der Waals surface area contributed by atoms with Crippen molar-refractivity contribution in [1.82, 2.24) is 10.6 Å². The number of anilines is 1. The van der Waals surface area contributed by atoms with Gasteiger partial charge in [0.2, 0.25) is 11.8 Å². The van der Waals surface area contributed by atoms with Gasteiger partial charge in [0.05, 0.1) is 6.54 Å². The molecular weight excluding hydrogens is 356 g/mol. The number of amides is 3. The molecule has 0 spiro atoms. The lowest BCUT2D eigenvalue weighted by atomic mass is 10.2. The van der Waals surface area contributed by atoms with Crippen molar-refractivity contribution in [3.8, 4) is 0 Å². The zero-order chi connectivity index (χ0) is 19.4. The number of nitrogens with zero attached hydrogens (tertiary/aromatic N) is 1. The second-order valence-electron chi connectivity index (χ2n) is 6.05. The smallest absolute Gasteiger partial charge is 0.251 e. The second-order valence-corrected chi connectivity index (χ2v) is 6.05. The van der Waals surface area contributed by atoms with Crippen LogP contribution in [-0.2, 0) is 9.59 Å². The van der Waals surface area contributed by atoms with E-state index in [4.69, 9.17) is 0 Å². The maximum Gasteiger partial charge on any atom is 0.251 e. The van der Waals surface area contributed by atoms with Gasteiger partial charge in [-0.3, -0.25) is 14.4 Å². The maximum atomic E-state index is 13.2. The Bertz CT molecular complexity index is 874. The summed E-state index contributed by atoms with van der Waals surface area (Å²) in [7, 11) is 0. The molecule has 27 heavy (non-hydrogen) atoms. The largest absolute Gasteiger partial charge is 0.343 e. The van der Waals surface area contributed by atoms with Gasteiger partial charge >= 0.3 is 0 Å². The Balaban J connectivity index is 1.51. The first-order chi connectivity index (χ1) is 13.0. The predicted molar refractivity (Wildman–Crippen MR) is 94.0 cm³/mol. The highest BCUT2D eigenvalue weighted by Gasteiger charge is 2.33. The van der Waals surface area contributed by atoms with Crippen LogP contribution in [-0.4, -0.2) is 36.9 Å². The van der Waals surface area contributed by atoms with Gasteiger partial charge in [-0.05, 0) is 36.8 Å². The highest BCUT2D eigenvalue weighted by Crippen LogP contribution is 2.20. The fourth-order valence-corrected chi connectivity index (χ4v) is 2.82. The number of hydrogen-bond donors (Lipinski definition) is 2. The van der Waals surface area contributed by atoms with Gasteiger partial charge in [-0.25, -0.2) is 8.78 Å². The number of hydrogen-bond acceptors (Lipinski definition) is 3. The van der Waals surface area contributed by atoms with Crippen molar-refractivity contribution >= 4 is 23.4 Å². The van der Waals surface area contributed by atoms with Crippen LogP contribution in [0.1, 0.15) is 16.8 Å². The van der Waals surface area contributed by atoms with E-state index in [1.165, 1.54) is 0 Å². The first kappa shape index (κ1) is 18.5. The molecule has 2 aromatic rings. The molecule has 2 aromatic carbocycles. The van der Waals surface area contributed by atoms with E-state index in [0.29, 0.717) is 13.0 Å². The fraction of sp³-hybridized carbons (Fsp3) is 0.211. The van der Waals surface area contributed by atoms with Crippen LogP contribution in [0.5, 0.6) is 0 Å². The van der Waals surface area contributed by atoms with Crippen molar-refractivity contribution in [2.24, 2.45) is 0 Å². The van der Waals surface area contributed by atoms with Gasteiger partial charge in [0.1, 0.15) is 6.04 Å². The van der Waals surface area contributed by atoms with E-state index in [0.717, 1.165) is 23.9 Å². The van der Waals surface area contributed by atoms with Gasteiger partial charge in [0.15, 0.2) is 11.6 Å². The molecule has 2 N–H and O–H groups in total. The van der Waals surface area contributed by atoms with E-state index in [9.17, 15) is 23.2 Å². The molecule has 1 atom stereocenters. The third-order valence-corrected chi connectivity index (χ3v) is 4.20. The topological polar surface area (TPSA) is 78.5 Å². The molecule has 140 valence electrons. The Morgan fingerprint density at radius 1 is 1.07 bits per heavy atom. The fourth-order valence-electron chi connectivity index (χ4n) is 2.82.